The molecule has 3 aliphatic rings. The minimum atomic E-state index is -1.62. The van der Waals surface area contributed by atoms with Gasteiger partial charge in [0.1, 0.15) is 8.80 Å². The Morgan fingerprint density at radius 1 is 0.639 bits per heavy atom. The summed E-state index contributed by atoms with van der Waals surface area (Å²) in [6, 6.07) is 22.3. The van der Waals surface area contributed by atoms with E-state index in [0.29, 0.717) is 5.22 Å². The van der Waals surface area contributed by atoms with Gasteiger partial charge in [0.05, 0.1) is 24.5 Å². The fourth-order valence-electron chi connectivity index (χ4n) is 6.47. The molecular weight excluding hydrogens is 493 g/mol. The SMILES string of the molecule is C[SiH](C)C1(C)CCCCO1.[SiH3]C1(C2([SiH](c3ccccc3)c3ccccc3)CCCCO2)CCCCO1. The van der Waals surface area contributed by atoms with Crippen LogP contribution in [0.2, 0.25) is 13.1 Å². The lowest BCUT2D eigenvalue weighted by atomic mass is 9.96. The largest absolute Gasteiger partial charge is 0.379 e. The monoisotopic (exact) mass is 540 g/mol. The standard InChI is InChI=1S/C22H30O2Si2.C8H18OSi/c25-21(15-7-9-17-23-21)22(16-8-10-18-24-22)26(19-11-3-1-4-12-19)20-13-5-2-6-14-20;1-8(10(2)3)6-4-5-7-9-8/h1-6,11-14,26H,7-10,15-18H2,25H3;10H,4-7H2,1-3H3. The van der Waals surface area contributed by atoms with E-state index in [1.54, 1.807) is 0 Å². The molecule has 5 rings (SSSR count). The molecule has 0 amide bonds. The molecule has 0 spiro atoms. The molecule has 36 heavy (non-hydrogen) atoms. The first-order valence-corrected chi connectivity index (χ1v) is 20.0. The van der Waals surface area contributed by atoms with Gasteiger partial charge in [0.15, 0.2) is 0 Å². The molecule has 6 heteroatoms. The quantitative estimate of drug-likeness (QED) is 0.541. The van der Waals surface area contributed by atoms with Crippen LogP contribution in [0.5, 0.6) is 0 Å². The van der Waals surface area contributed by atoms with E-state index in [1.165, 1.54) is 61.7 Å². The summed E-state index contributed by atoms with van der Waals surface area (Å²) in [4.78, 5) is 0. The van der Waals surface area contributed by atoms with Gasteiger partial charge in [-0.15, -0.1) is 0 Å². The van der Waals surface area contributed by atoms with Gasteiger partial charge in [-0.1, -0.05) is 84.1 Å². The molecule has 0 aromatic heterocycles. The van der Waals surface area contributed by atoms with Crippen LogP contribution in [-0.4, -0.2) is 63.3 Å². The van der Waals surface area contributed by atoms with Crippen LogP contribution < -0.4 is 10.4 Å². The maximum atomic E-state index is 6.85. The molecule has 0 aliphatic carbocycles. The van der Waals surface area contributed by atoms with Crippen molar-refractivity contribution in [2.24, 2.45) is 0 Å². The van der Waals surface area contributed by atoms with E-state index in [2.05, 4.69) is 80.7 Å². The van der Waals surface area contributed by atoms with Crippen LogP contribution in [-0.2, 0) is 14.2 Å². The Labute approximate surface area is 226 Å². The molecule has 2 aromatic carbocycles. The Hall–Kier alpha value is -1.03. The average molecular weight is 541 g/mol. The second kappa shape index (κ2) is 12.7. The normalized spacial score (nSPS) is 31.1. The van der Waals surface area contributed by atoms with Crippen LogP contribution in [0.15, 0.2) is 60.7 Å². The van der Waals surface area contributed by atoms with Crippen LogP contribution in [0.3, 0.4) is 0 Å². The predicted octanol–water partition coefficient (Wildman–Crippen LogP) is 3.74. The maximum Gasteiger partial charge on any atom is 0.141 e. The first-order chi connectivity index (χ1) is 17.4. The van der Waals surface area contributed by atoms with Crippen molar-refractivity contribution in [2.45, 2.75) is 93.5 Å². The molecule has 3 aliphatic heterocycles. The number of hydrogen-bond donors (Lipinski definition) is 0. The minimum absolute atomic E-state index is 0.0474. The Morgan fingerprint density at radius 2 is 1.14 bits per heavy atom. The fraction of sp³-hybridized carbons (Fsp3) is 0.600. The van der Waals surface area contributed by atoms with Gasteiger partial charge in [0, 0.05) is 30.1 Å². The summed E-state index contributed by atoms with van der Waals surface area (Å²) in [5.41, 5.74) is 0. The van der Waals surface area contributed by atoms with Crippen molar-refractivity contribution in [3.63, 3.8) is 0 Å². The molecule has 0 saturated carbocycles. The molecule has 3 atom stereocenters. The fourth-order valence-corrected chi connectivity index (χ4v) is 13.8. The summed E-state index contributed by atoms with van der Waals surface area (Å²) in [5, 5.41) is 3.14. The van der Waals surface area contributed by atoms with Crippen molar-refractivity contribution in [1.82, 2.24) is 0 Å². The van der Waals surface area contributed by atoms with E-state index >= 15 is 0 Å². The highest BCUT2D eigenvalue weighted by atomic mass is 28.3. The summed E-state index contributed by atoms with van der Waals surface area (Å²) in [7, 11) is -1.18. The van der Waals surface area contributed by atoms with E-state index in [9.17, 15) is 0 Å². The zero-order valence-corrected chi connectivity index (χ0v) is 27.4. The average Bonchev–Trinajstić information content (AvgIpc) is 2.92. The molecule has 2 aromatic rings. The predicted molar refractivity (Wildman–Crippen MR) is 161 cm³/mol. The van der Waals surface area contributed by atoms with Crippen LogP contribution in [0.25, 0.3) is 0 Å². The van der Waals surface area contributed by atoms with Crippen molar-refractivity contribution in [3.8, 4) is 0 Å². The highest BCUT2D eigenvalue weighted by Gasteiger charge is 2.57. The van der Waals surface area contributed by atoms with Gasteiger partial charge in [-0.25, -0.2) is 0 Å². The van der Waals surface area contributed by atoms with Gasteiger partial charge in [-0.05, 0) is 64.7 Å². The van der Waals surface area contributed by atoms with E-state index < -0.39 is 17.6 Å². The Morgan fingerprint density at radius 3 is 1.53 bits per heavy atom. The van der Waals surface area contributed by atoms with Crippen LogP contribution in [0.1, 0.15) is 64.7 Å². The zero-order valence-electron chi connectivity index (χ0n) is 23.1. The third-order valence-electron chi connectivity index (χ3n) is 9.12. The third kappa shape index (κ3) is 6.16. The molecule has 3 heterocycles. The summed E-state index contributed by atoms with van der Waals surface area (Å²) in [5.74, 6) is 0. The second-order valence-corrected chi connectivity index (χ2v) is 20.0. The third-order valence-corrected chi connectivity index (χ3v) is 18.3. The number of benzene rings is 2. The van der Waals surface area contributed by atoms with Gasteiger partial charge in [-0.3, -0.25) is 0 Å². The van der Waals surface area contributed by atoms with E-state index in [0.717, 1.165) is 36.5 Å². The zero-order chi connectivity index (χ0) is 25.5. The molecule has 3 fully saturated rings. The highest BCUT2D eigenvalue weighted by Crippen LogP contribution is 2.42. The molecule has 0 radical (unpaired) electrons. The minimum Gasteiger partial charge on any atom is -0.379 e. The van der Waals surface area contributed by atoms with Gasteiger partial charge < -0.3 is 14.2 Å². The molecular formula is C30H48O3Si3. The van der Waals surface area contributed by atoms with E-state index in [1.807, 2.05) is 0 Å². The first-order valence-electron chi connectivity index (χ1n) is 14.4. The lowest BCUT2D eigenvalue weighted by molar-refractivity contribution is -0.159. The van der Waals surface area contributed by atoms with Gasteiger partial charge in [0.2, 0.25) is 0 Å². The van der Waals surface area contributed by atoms with Gasteiger partial charge >= 0.3 is 0 Å². The highest BCUT2D eigenvalue weighted by molar-refractivity contribution is 6.88. The summed E-state index contributed by atoms with van der Waals surface area (Å²) < 4.78 is 19.2. The van der Waals surface area contributed by atoms with Crippen LogP contribution >= 0.6 is 0 Å². The Balaban J connectivity index is 0.000000256. The van der Waals surface area contributed by atoms with Crippen molar-refractivity contribution >= 4 is 38.2 Å². The first kappa shape index (κ1) is 28.0. The lowest BCUT2D eigenvalue weighted by Gasteiger charge is -2.55. The molecule has 0 bridgehead atoms. The van der Waals surface area contributed by atoms with Crippen molar-refractivity contribution in [1.29, 1.82) is 0 Å². The van der Waals surface area contributed by atoms with Gasteiger partial charge in [0.25, 0.3) is 0 Å². The molecule has 3 nitrogen and oxygen atoms in total. The topological polar surface area (TPSA) is 27.7 Å². The lowest BCUT2D eigenvalue weighted by Crippen LogP contribution is -2.74. The van der Waals surface area contributed by atoms with Crippen molar-refractivity contribution < 1.29 is 14.2 Å². The van der Waals surface area contributed by atoms with E-state index in [4.69, 9.17) is 14.2 Å². The van der Waals surface area contributed by atoms with Crippen LogP contribution in [0, 0.1) is 0 Å². The van der Waals surface area contributed by atoms with E-state index in [-0.39, 0.29) is 10.4 Å². The summed E-state index contributed by atoms with van der Waals surface area (Å²) in [6.07, 6.45) is 11.2. The molecule has 0 N–H and O–H groups in total. The smallest absolute Gasteiger partial charge is 0.141 e. The second-order valence-electron chi connectivity index (χ2n) is 11.8. The van der Waals surface area contributed by atoms with Crippen LogP contribution in [0.4, 0.5) is 0 Å². The Kier molecular flexibility index (Phi) is 9.86. The number of hydrogen-bond acceptors (Lipinski definition) is 3. The number of ether oxygens (including phenoxy) is 3. The summed E-state index contributed by atoms with van der Waals surface area (Å²) in [6.45, 7) is 9.84. The van der Waals surface area contributed by atoms with Gasteiger partial charge in [-0.2, -0.15) is 0 Å². The number of rotatable bonds is 5. The molecule has 3 saturated heterocycles. The maximum absolute atomic E-state index is 6.85. The molecule has 3 unspecified atom stereocenters. The van der Waals surface area contributed by atoms with Crippen molar-refractivity contribution in [3.05, 3.63) is 60.7 Å². The molecule has 198 valence electrons. The summed E-state index contributed by atoms with van der Waals surface area (Å²) >= 11 is 0. The Bertz CT molecular complexity index is 864. The van der Waals surface area contributed by atoms with Crippen molar-refractivity contribution in [2.75, 3.05) is 19.8 Å².